The molecule has 0 aliphatic heterocycles. The number of aliphatic hydroxyl groups excluding tert-OH is 1. The van der Waals surface area contributed by atoms with Crippen LogP contribution in [0.4, 0.5) is 0 Å². The second-order valence-electron chi connectivity index (χ2n) is 1.59. The molecule has 0 amide bonds. The standard InChI is InChI=1S/C7H8O2.CH3.Ti/c8-6-9-7-4-2-1-3-5-7;;/h1-5,8H,6H2;1H3;/q;-1;. The van der Waals surface area contributed by atoms with E-state index in [1.165, 1.54) is 0 Å². The van der Waals surface area contributed by atoms with Crippen LogP contribution in [0.25, 0.3) is 0 Å². The molecule has 0 atom stereocenters. The van der Waals surface area contributed by atoms with E-state index in [-0.39, 0.29) is 35.9 Å². The van der Waals surface area contributed by atoms with Crippen LogP contribution in [-0.4, -0.2) is 11.9 Å². The topological polar surface area (TPSA) is 29.5 Å². The third-order valence-electron chi connectivity index (χ3n) is 0.974. The molecule has 11 heavy (non-hydrogen) atoms. The molecule has 2 nitrogen and oxygen atoms in total. The summed E-state index contributed by atoms with van der Waals surface area (Å²) in [6.45, 7) is -0.260. The van der Waals surface area contributed by atoms with E-state index in [9.17, 15) is 0 Å². The number of aliphatic hydroxyl groups is 1. The minimum Gasteiger partial charge on any atom is -0.468 e. The van der Waals surface area contributed by atoms with Crippen LogP contribution in [0.5, 0.6) is 5.75 Å². The van der Waals surface area contributed by atoms with Crippen molar-refractivity contribution in [1.29, 1.82) is 0 Å². The molecule has 0 saturated heterocycles. The van der Waals surface area contributed by atoms with E-state index in [4.69, 9.17) is 9.84 Å². The number of hydrogen-bond acceptors (Lipinski definition) is 2. The number of benzene rings is 1. The number of ether oxygens (including phenoxy) is 1. The van der Waals surface area contributed by atoms with Crippen LogP contribution in [0.15, 0.2) is 30.3 Å². The summed E-state index contributed by atoms with van der Waals surface area (Å²) in [5, 5.41) is 8.30. The van der Waals surface area contributed by atoms with E-state index in [2.05, 4.69) is 0 Å². The molecular formula is C8H11O2Ti-. The van der Waals surface area contributed by atoms with Crippen molar-refractivity contribution >= 4 is 0 Å². The Kier molecular flexibility index (Phi) is 9.42. The number of rotatable bonds is 2. The molecule has 3 heteroatoms. The Labute approximate surface area is 82.1 Å². The summed E-state index contributed by atoms with van der Waals surface area (Å²) in [5.74, 6) is 0.694. The van der Waals surface area contributed by atoms with Gasteiger partial charge in [-0.15, -0.1) is 0 Å². The van der Waals surface area contributed by atoms with Crippen molar-refractivity contribution in [2.24, 2.45) is 0 Å². The molecular weight excluding hydrogens is 176 g/mol. The van der Waals surface area contributed by atoms with E-state index in [0.29, 0.717) is 5.75 Å². The summed E-state index contributed by atoms with van der Waals surface area (Å²) >= 11 is 0. The van der Waals surface area contributed by atoms with E-state index >= 15 is 0 Å². The maximum absolute atomic E-state index is 8.30. The van der Waals surface area contributed by atoms with Gasteiger partial charge < -0.3 is 17.3 Å². The summed E-state index contributed by atoms with van der Waals surface area (Å²) in [6.07, 6.45) is 0. The average Bonchev–Trinajstić information content (AvgIpc) is 1.91. The maximum Gasteiger partial charge on any atom is 0.186 e. The minimum atomic E-state index is -0.260. The van der Waals surface area contributed by atoms with Gasteiger partial charge >= 0.3 is 0 Å². The molecule has 0 radical (unpaired) electrons. The van der Waals surface area contributed by atoms with Gasteiger partial charge in [0.05, 0.1) is 0 Å². The van der Waals surface area contributed by atoms with Gasteiger partial charge in [-0.3, -0.25) is 0 Å². The quantitative estimate of drug-likeness (QED) is 0.431. The maximum atomic E-state index is 8.30. The van der Waals surface area contributed by atoms with Crippen LogP contribution in [0, 0.1) is 7.43 Å². The fourth-order valence-corrected chi connectivity index (χ4v) is 0.591. The second kappa shape index (κ2) is 7.80. The molecule has 1 rings (SSSR count). The Morgan fingerprint density at radius 1 is 1.18 bits per heavy atom. The van der Waals surface area contributed by atoms with E-state index in [0.717, 1.165) is 0 Å². The smallest absolute Gasteiger partial charge is 0.186 e. The van der Waals surface area contributed by atoms with Crippen molar-refractivity contribution in [2.45, 2.75) is 0 Å². The summed E-state index contributed by atoms with van der Waals surface area (Å²) in [7, 11) is 0. The van der Waals surface area contributed by atoms with Crippen molar-refractivity contribution in [3.05, 3.63) is 37.8 Å². The van der Waals surface area contributed by atoms with Crippen LogP contribution in [0.1, 0.15) is 0 Å². The van der Waals surface area contributed by atoms with Crippen molar-refractivity contribution in [3.8, 4) is 5.75 Å². The second-order valence-corrected chi connectivity index (χ2v) is 1.59. The van der Waals surface area contributed by atoms with Gasteiger partial charge in [-0.25, -0.2) is 0 Å². The van der Waals surface area contributed by atoms with Crippen molar-refractivity contribution in [2.75, 3.05) is 6.79 Å². The van der Waals surface area contributed by atoms with Gasteiger partial charge in [-0.05, 0) is 12.1 Å². The predicted molar refractivity (Wildman–Crippen MR) is 40.6 cm³/mol. The van der Waals surface area contributed by atoms with Gasteiger partial charge in [0.1, 0.15) is 5.75 Å². The van der Waals surface area contributed by atoms with Crippen LogP contribution < -0.4 is 4.74 Å². The first-order valence-corrected chi connectivity index (χ1v) is 2.72. The molecule has 0 saturated carbocycles. The Morgan fingerprint density at radius 2 is 1.73 bits per heavy atom. The molecule has 0 aliphatic rings. The van der Waals surface area contributed by atoms with Crippen LogP contribution in [0.2, 0.25) is 0 Å². The first-order chi connectivity index (χ1) is 4.43. The predicted octanol–water partition coefficient (Wildman–Crippen LogP) is 1.46. The molecule has 0 unspecified atom stereocenters. The number of hydrogen-bond donors (Lipinski definition) is 1. The van der Waals surface area contributed by atoms with Crippen LogP contribution >= 0.6 is 0 Å². The zero-order chi connectivity index (χ0) is 6.53. The van der Waals surface area contributed by atoms with Crippen molar-refractivity contribution < 1.29 is 31.6 Å². The molecule has 0 aliphatic carbocycles. The minimum absolute atomic E-state index is 0. The Morgan fingerprint density at radius 3 is 2.18 bits per heavy atom. The third-order valence-corrected chi connectivity index (χ3v) is 0.974. The van der Waals surface area contributed by atoms with Gasteiger partial charge in [0.2, 0.25) is 0 Å². The largest absolute Gasteiger partial charge is 0.468 e. The molecule has 0 spiro atoms. The number of para-hydroxylation sites is 1. The van der Waals surface area contributed by atoms with Gasteiger partial charge in [0, 0.05) is 21.7 Å². The summed E-state index contributed by atoms with van der Waals surface area (Å²) in [4.78, 5) is 0. The fourth-order valence-electron chi connectivity index (χ4n) is 0.591. The summed E-state index contributed by atoms with van der Waals surface area (Å²) in [6, 6.07) is 9.17. The van der Waals surface area contributed by atoms with Crippen molar-refractivity contribution in [3.63, 3.8) is 0 Å². The van der Waals surface area contributed by atoms with Crippen LogP contribution in [-0.2, 0) is 21.7 Å². The molecule has 60 valence electrons. The van der Waals surface area contributed by atoms with Gasteiger partial charge in [0.25, 0.3) is 0 Å². The molecule has 1 aromatic rings. The average molecular weight is 187 g/mol. The molecule has 0 heterocycles. The molecule has 0 fully saturated rings. The van der Waals surface area contributed by atoms with Gasteiger partial charge in [-0.1, -0.05) is 18.2 Å². The Balaban J connectivity index is 0. The van der Waals surface area contributed by atoms with E-state index < -0.39 is 0 Å². The van der Waals surface area contributed by atoms with Crippen molar-refractivity contribution in [1.82, 2.24) is 0 Å². The van der Waals surface area contributed by atoms with Gasteiger partial charge in [0.15, 0.2) is 6.79 Å². The molecule has 1 aromatic carbocycles. The third kappa shape index (κ3) is 5.02. The summed E-state index contributed by atoms with van der Waals surface area (Å²) < 4.78 is 4.76. The Bertz CT molecular complexity index is 165. The summed E-state index contributed by atoms with van der Waals surface area (Å²) in [5.41, 5.74) is 0. The molecule has 1 N–H and O–H groups in total. The zero-order valence-electron chi connectivity index (χ0n) is 6.45. The molecule has 0 bridgehead atoms. The van der Waals surface area contributed by atoms with Gasteiger partial charge in [-0.2, -0.15) is 0 Å². The molecule has 0 aromatic heterocycles. The normalized spacial score (nSPS) is 7.36. The Hall–Kier alpha value is -0.306. The fraction of sp³-hybridized carbons (Fsp3) is 0.125. The first-order valence-electron chi connectivity index (χ1n) is 2.72. The first kappa shape index (κ1) is 13.3. The SMILES string of the molecule is OCOc1ccccc1.[CH3-].[Ti]. The van der Waals surface area contributed by atoms with E-state index in [1.54, 1.807) is 12.1 Å². The monoisotopic (exact) mass is 187 g/mol. The van der Waals surface area contributed by atoms with Crippen LogP contribution in [0.3, 0.4) is 0 Å². The van der Waals surface area contributed by atoms with E-state index in [1.807, 2.05) is 18.2 Å². The zero-order valence-corrected chi connectivity index (χ0v) is 8.01.